The fourth-order valence-electron chi connectivity index (χ4n) is 4.40. The highest BCUT2D eigenvalue weighted by molar-refractivity contribution is 6.37. The molecule has 34 heavy (non-hydrogen) atoms. The van der Waals surface area contributed by atoms with Crippen molar-refractivity contribution >= 4 is 39.4 Å². The second-order valence-electron chi connectivity index (χ2n) is 10.5. The molecule has 0 aliphatic rings. The fourth-order valence-corrected chi connectivity index (χ4v) is 4.70. The second-order valence-corrected chi connectivity index (χ2v) is 10.9. The molecule has 2 heterocycles. The lowest BCUT2D eigenvalue weighted by Gasteiger charge is -2.33. The van der Waals surface area contributed by atoms with Crippen LogP contribution in [0.3, 0.4) is 0 Å². The number of fused-ring (bicyclic) bond motifs is 3. The molecule has 184 valence electrons. The summed E-state index contributed by atoms with van der Waals surface area (Å²) in [5.41, 5.74) is 0.0170. The predicted octanol–water partition coefficient (Wildman–Crippen LogP) is 5.76. The summed E-state index contributed by atoms with van der Waals surface area (Å²) in [7, 11) is 1.72. The normalized spacial score (nSPS) is 13.8. The molecule has 7 nitrogen and oxygen atoms in total. The van der Waals surface area contributed by atoms with Crippen LogP contribution in [0, 0.1) is 12.8 Å². The maximum atomic E-state index is 13.2. The number of carbonyl (C=O) groups excluding carboxylic acids is 1. The highest BCUT2D eigenvalue weighted by atomic mass is 35.5. The zero-order valence-electron chi connectivity index (χ0n) is 21.2. The van der Waals surface area contributed by atoms with E-state index in [9.17, 15) is 9.59 Å². The lowest BCUT2D eigenvalue weighted by atomic mass is 9.91. The minimum absolute atomic E-state index is 0.159. The molecule has 3 aromatic rings. The van der Waals surface area contributed by atoms with Crippen LogP contribution < -0.4 is 15.6 Å². The van der Waals surface area contributed by atoms with Crippen molar-refractivity contribution in [3.63, 3.8) is 0 Å². The maximum Gasteiger partial charge on any atom is 0.408 e. The van der Waals surface area contributed by atoms with Gasteiger partial charge in [0.15, 0.2) is 0 Å². The number of aromatic nitrogens is 2. The number of nitrogens with one attached hydrogen (secondary N) is 1. The Bertz CT molecular complexity index is 1290. The van der Waals surface area contributed by atoms with Gasteiger partial charge in [-0.05, 0) is 70.5 Å². The Morgan fingerprint density at radius 1 is 1.18 bits per heavy atom. The van der Waals surface area contributed by atoms with Gasteiger partial charge in [0.25, 0.3) is 5.56 Å². The zero-order chi connectivity index (χ0) is 25.4. The van der Waals surface area contributed by atoms with Crippen LogP contribution in [0.4, 0.5) is 4.79 Å². The van der Waals surface area contributed by atoms with Crippen LogP contribution >= 0.6 is 11.6 Å². The van der Waals surface area contributed by atoms with Gasteiger partial charge in [-0.2, -0.15) is 0 Å². The van der Waals surface area contributed by atoms with Gasteiger partial charge in [0, 0.05) is 18.6 Å². The van der Waals surface area contributed by atoms with E-state index in [2.05, 4.69) is 24.1 Å². The summed E-state index contributed by atoms with van der Waals surface area (Å²) in [6, 6.07) is 5.49. The quantitative estimate of drug-likeness (QED) is 0.447. The third kappa shape index (κ3) is 5.46. The molecule has 3 rings (SSSR count). The molecule has 8 heteroatoms. The zero-order valence-corrected chi connectivity index (χ0v) is 22.0. The number of hydrogen-bond acceptors (Lipinski definition) is 5. The van der Waals surface area contributed by atoms with E-state index < -0.39 is 17.2 Å². The maximum absolute atomic E-state index is 13.2. The van der Waals surface area contributed by atoms with Crippen molar-refractivity contribution in [2.24, 2.45) is 13.0 Å². The molecule has 0 unspecified atom stereocenters. The van der Waals surface area contributed by atoms with E-state index in [1.54, 1.807) is 23.9 Å². The minimum atomic E-state index is -0.702. The Balaban J connectivity index is 1.98. The molecular formula is C26H34ClN3O4. The molecule has 1 aromatic carbocycles. The standard InChI is InChI=1S/C26H34ClN3O4/c1-15(2)13-26(7,29-24(32)34-25(4,5)6)14-33-19-10-9-17-18-11-12-28-16(3)22(18)30(8)23(31)20(17)21(19)27/h9-12,15H,13-14H2,1-8H3,(H,29,32)/t26-/m0/s1. The number of hydrogen-bond donors (Lipinski definition) is 1. The van der Waals surface area contributed by atoms with Crippen molar-refractivity contribution in [1.82, 2.24) is 14.9 Å². The van der Waals surface area contributed by atoms with Crippen LogP contribution in [0.25, 0.3) is 21.7 Å². The van der Waals surface area contributed by atoms with E-state index in [0.29, 0.717) is 23.5 Å². The largest absolute Gasteiger partial charge is 0.490 e. The van der Waals surface area contributed by atoms with E-state index in [0.717, 1.165) is 22.0 Å². The van der Waals surface area contributed by atoms with E-state index >= 15 is 0 Å². The third-order valence-corrected chi connectivity index (χ3v) is 5.94. The first-order valence-corrected chi connectivity index (χ1v) is 11.8. The van der Waals surface area contributed by atoms with E-state index in [-0.39, 0.29) is 17.2 Å². The van der Waals surface area contributed by atoms with Crippen LogP contribution in [0.5, 0.6) is 5.75 Å². The number of pyridine rings is 2. The number of halogens is 1. The number of aryl methyl sites for hydroxylation is 2. The lowest BCUT2D eigenvalue weighted by molar-refractivity contribution is 0.0408. The monoisotopic (exact) mass is 487 g/mol. The van der Waals surface area contributed by atoms with Crippen molar-refractivity contribution in [2.45, 2.75) is 66.0 Å². The molecule has 0 radical (unpaired) electrons. The van der Waals surface area contributed by atoms with Crippen molar-refractivity contribution in [1.29, 1.82) is 0 Å². The average Bonchev–Trinajstić information content (AvgIpc) is 2.68. The van der Waals surface area contributed by atoms with E-state index in [1.165, 1.54) is 0 Å². The number of rotatable bonds is 6. The molecule has 0 spiro atoms. The number of carbonyl (C=O) groups is 1. The molecule has 0 bridgehead atoms. The van der Waals surface area contributed by atoms with Gasteiger partial charge < -0.3 is 19.4 Å². The number of benzene rings is 1. The molecule has 1 N–H and O–H groups in total. The highest BCUT2D eigenvalue weighted by Gasteiger charge is 2.31. The smallest absolute Gasteiger partial charge is 0.408 e. The SMILES string of the molecule is Cc1nccc2c3ccc(OC[C@](C)(CC(C)C)NC(=O)OC(C)(C)C)c(Cl)c3c(=O)n(C)c12. The van der Waals surface area contributed by atoms with E-state index in [4.69, 9.17) is 21.1 Å². The van der Waals surface area contributed by atoms with Crippen LogP contribution in [0.15, 0.2) is 29.2 Å². The fraction of sp³-hybridized carbons (Fsp3) is 0.500. The molecular weight excluding hydrogens is 454 g/mol. The van der Waals surface area contributed by atoms with Crippen LogP contribution in [0.2, 0.25) is 5.02 Å². The first-order valence-electron chi connectivity index (χ1n) is 11.4. The van der Waals surface area contributed by atoms with Gasteiger partial charge in [0.1, 0.15) is 18.0 Å². The van der Waals surface area contributed by atoms with Gasteiger partial charge in [0.05, 0.1) is 27.2 Å². The Labute approximate surface area is 205 Å². The third-order valence-electron chi connectivity index (χ3n) is 5.57. The Morgan fingerprint density at radius 2 is 1.85 bits per heavy atom. The molecule has 0 aliphatic heterocycles. The van der Waals surface area contributed by atoms with Gasteiger partial charge >= 0.3 is 6.09 Å². The van der Waals surface area contributed by atoms with Gasteiger partial charge in [-0.1, -0.05) is 25.4 Å². The summed E-state index contributed by atoms with van der Waals surface area (Å²) < 4.78 is 13.1. The average molecular weight is 488 g/mol. The number of ether oxygens (including phenoxy) is 2. The number of alkyl carbamates (subject to hydrolysis) is 1. The summed E-state index contributed by atoms with van der Waals surface area (Å²) in [6.07, 6.45) is 1.88. The number of amides is 1. The van der Waals surface area contributed by atoms with Crippen LogP contribution in [-0.4, -0.2) is 33.4 Å². The molecule has 2 aromatic heterocycles. The second kappa shape index (κ2) is 9.45. The van der Waals surface area contributed by atoms with Crippen molar-refractivity contribution < 1.29 is 14.3 Å². The summed E-state index contributed by atoms with van der Waals surface area (Å²) in [5.74, 6) is 0.684. The summed E-state index contributed by atoms with van der Waals surface area (Å²) in [4.78, 5) is 30.0. The molecule has 0 fully saturated rings. The van der Waals surface area contributed by atoms with Crippen molar-refractivity contribution in [2.75, 3.05) is 6.61 Å². The lowest BCUT2D eigenvalue weighted by Crippen LogP contribution is -2.52. The first kappa shape index (κ1) is 25.8. The van der Waals surface area contributed by atoms with Gasteiger partial charge in [-0.3, -0.25) is 9.78 Å². The Hall–Kier alpha value is -2.80. The Kier molecular flexibility index (Phi) is 7.18. The molecule has 1 amide bonds. The summed E-state index contributed by atoms with van der Waals surface area (Å²) in [5, 5.41) is 5.25. The topological polar surface area (TPSA) is 82.5 Å². The summed E-state index contributed by atoms with van der Waals surface area (Å²) in [6.45, 7) is 13.5. The predicted molar refractivity (Wildman–Crippen MR) is 137 cm³/mol. The Morgan fingerprint density at radius 3 is 2.47 bits per heavy atom. The first-order chi connectivity index (χ1) is 15.7. The van der Waals surface area contributed by atoms with Crippen LogP contribution in [0.1, 0.15) is 53.7 Å². The highest BCUT2D eigenvalue weighted by Crippen LogP contribution is 2.35. The van der Waals surface area contributed by atoms with Gasteiger partial charge in [0.2, 0.25) is 0 Å². The van der Waals surface area contributed by atoms with Gasteiger partial charge in [-0.25, -0.2) is 4.79 Å². The van der Waals surface area contributed by atoms with Gasteiger partial charge in [-0.15, -0.1) is 0 Å². The van der Waals surface area contributed by atoms with Crippen LogP contribution in [-0.2, 0) is 11.8 Å². The van der Waals surface area contributed by atoms with E-state index in [1.807, 2.05) is 46.8 Å². The molecule has 0 saturated heterocycles. The molecule has 0 saturated carbocycles. The molecule has 1 atom stereocenters. The van der Waals surface area contributed by atoms with Crippen molar-refractivity contribution in [3.8, 4) is 5.75 Å². The number of nitrogens with zero attached hydrogens (tertiary/aromatic N) is 2. The summed E-state index contributed by atoms with van der Waals surface area (Å²) >= 11 is 6.72. The molecule has 0 aliphatic carbocycles. The minimum Gasteiger partial charge on any atom is -0.490 e. The van der Waals surface area contributed by atoms with Crippen molar-refractivity contribution in [3.05, 3.63) is 45.5 Å².